The molecule has 0 radical (unpaired) electrons. The van der Waals surface area contributed by atoms with Crippen LogP contribution in [0.15, 0.2) is 0 Å². The van der Waals surface area contributed by atoms with Crippen LogP contribution in [-0.2, 0) is 9.47 Å². The monoisotopic (exact) mass is 159 g/mol. The van der Waals surface area contributed by atoms with E-state index in [0.717, 1.165) is 19.6 Å². The van der Waals surface area contributed by atoms with Crippen molar-refractivity contribution in [2.75, 3.05) is 26.4 Å². The van der Waals surface area contributed by atoms with Crippen molar-refractivity contribution in [2.24, 2.45) is 5.73 Å². The van der Waals surface area contributed by atoms with Gasteiger partial charge < -0.3 is 15.2 Å². The Hall–Kier alpha value is -0.120. The van der Waals surface area contributed by atoms with E-state index in [1.54, 1.807) is 0 Å². The van der Waals surface area contributed by atoms with E-state index in [4.69, 9.17) is 15.2 Å². The summed E-state index contributed by atoms with van der Waals surface area (Å²) >= 11 is 0. The highest BCUT2D eigenvalue weighted by Gasteiger charge is 2.12. The summed E-state index contributed by atoms with van der Waals surface area (Å²) < 4.78 is 10.7. The third-order valence-electron chi connectivity index (χ3n) is 1.84. The molecule has 11 heavy (non-hydrogen) atoms. The van der Waals surface area contributed by atoms with Crippen molar-refractivity contribution in [1.29, 1.82) is 0 Å². The predicted molar refractivity (Wildman–Crippen MR) is 43.5 cm³/mol. The van der Waals surface area contributed by atoms with Gasteiger partial charge in [0.1, 0.15) is 0 Å². The molecule has 3 nitrogen and oxygen atoms in total. The molecule has 0 aromatic rings. The molecule has 0 aliphatic carbocycles. The molecule has 1 saturated heterocycles. The van der Waals surface area contributed by atoms with Gasteiger partial charge in [-0.2, -0.15) is 0 Å². The Morgan fingerprint density at radius 1 is 1.45 bits per heavy atom. The molecule has 0 spiro atoms. The first-order valence-corrected chi connectivity index (χ1v) is 4.33. The minimum atomic E-state index is 0.329. The fraction of sp³-hybridized carbons (Fsp3) is 1.00. The molecule has 1 atom stereocenters. The van der Waals surface area contributed by atoms with Crippen LogP contribution in [0.5, 0.6) is 0 Å². The zero-order valence-electron chi connectivity index (χ0n) is 6.92. The molecule has 0 saturated carbocycles. The maximum absolute atomic E-state index is 5.46. The second kappa shape index (κ2) is 5.52. The Kier molecular flexibility index (Phi) is 4.50. The first-order valence-electron chi connectivity index (χ1n) is 4.33. The molecule has 0 unspecified atom stereocenters. The lowest BCUT2D eigenvalue weighted by Gasteiger charge is -2.22. The zero-order valence-corrected chi connectivity index (χ0v) is 6.92. The number of nitrogens with two attached hydrogens (primary N) is 1. The molecule has 0 aromatic heterocycles. The van der Waals surface area contributed by atoms with Crippen LogP contribution < -0.4 is 5.73 Å². The molecule has 3 heteroatoms. The summed E-state index contributed by atoms with van der Waals surface area (Å²) in [7, 11) is 0. The summed E-state index contributed by atoms with van der Waals surface area (Å²) in [6, 6.07) is 0. The van der Waals surface area contributed by atoms with Gasteiger partial charge in [0.25, 0.3) is 0 Å². The molecule has 1 rings (SSSR count). The van der Waals surface area contributed by atoms with Gasteiger partial charge in [0.05, 0.1) is 19.3 Å². The smallest absolute Gasteiger partial charge is 0.0808 e. The van der Waals surface area contributed by atoms with Gasteiger partial charge in [-0.15, -0.1) is 0 Å². The van der Waals surface area contributed by atoms with Gasteiger partial charge in [-0.1, -0.05) is 0 Å². The van der Waals surface area contributed by atoms with Gasteiger partial charge in [0.15, 0.2) is 0 Å². The fourth-order valence-corrected chi connectivity index (χ4v) is 1.24. The Labute approximate surface area is 67.9 Å². The SMILES string of the molecule is NCCOC[C@@H]1CCCCO1. The third-order valence-corrected chi connectivity index (χ3v) is 1.84. The zero-order chi connectivity index (χ0) is 7.94. The van der Waals surface area contributed by atoms with Crippen molar-refractivity contribution in [3.8, 4) is 0 Å². The second-order valence-electron chi connectivity index (χ2n) is 2.85. The Morgan fingerprint density at radius 3 is 3.00 bits per heavy atom. The van der Waals surface area contributed by atoms with E-state index in [1.165, 1.54) is 12.8 Å². The van der Waals surface area contributed by atoms with Crippen LogP contribution in [-0.4, -0.2) is 32.5 Å². The van der Waals surface area contributed by atoms with Crippen LogP contribution in [0.2, 0.25) is 0 Å². The van der Waals surface area contributed by atoms with E-state index in [9.17, 15) is 0 Å². The van der Waals surface area contributed by atoms with Gasteiger partial charge in [-0.3, -0.25) is 0 Å². The number of rotatable bonds is 4. The lowest BCUT2D eigenvalue weighted by molar-refractivity contribution is -0.0391. The van der Waals surface area contributed by atoms with Gasteiger partial charge in [0.2, 0.25) is 0 Å². The van der Waals surface area contributed by atoms with Crippen LogP contribution in [0.25, 0.3) is 0 Å². The average molecular weight is 159 g/mol. The second-order valence-corrected chi connectivity index (χ2v) is 2.85. The maximum Gasteiger partial charge on any atom is 0.0808 e. The normalized spacial score (nSPS) is 25.4. The highest BCUT2D eigenvalue weighted by molar-refractivity contribution is 4.62. The first kappa shape index (κ1) is 8.97. The summed E-state index contributed by atoms with van der Waals surface area (Å²) in [5.74, 6) is 0. The van der Waals surface area contributed by atoms with Gasteiger partial charge in [-0.05, 0) is 19.3 Å². The minimum absolute atomic E-state index is 0.329. The number of ether oxygens (including phenoxy) is 2. The van der Waals surface area contributed by atoms with E-state index < -0.39 is 0 Å². The highest BCUT2D eigenvalue weighted by Crippen LogP contribution is 2.12. The van der Waals surface area contributed by atoms with E-state index in [1.807, 2.05) is 0 Å². The lowest BCUT2D eigenvalue weighted by atomic mass is 10.1. The Morgan fingerprint density at radius 2 is 2.36 bits per heavy atom. The summed E-state index contributed by atoms with van der Waals surface area (Å²) in [6.45, 7) is 2.88. The first-order chi connectivity index (χ1) is 5.43. The molecule has 1 heterocycles. The van der Waals surface area contributed by atoms with Gasteiger partial charge in [0, 0.05) is 13.2 Å². The molecule has 2 N–H and O–H groups in total. The summed E-state index contributed by atoms with van der Waals surface area (Å²) in [5.41, 5.74) is 5.28. The standard InChI is InChI=1S/C8H17NO2/c9-4-6-10-7-8-3-1-2-5-11-8/h8H,1-7,9H2/t8-/m0/s1. The summed E-state index contributed by atoms with van der Waals surface area (Å²) in [4.78, 5) is 0. The molecule has 0 aromatic carbocycles. The van der Waals surface area contributed by atoms with E-state index in [2.05, 4.69) is 0 Å². The van der Waals surface area contributed by atoms with Crippen LogP contribution >= 0.6 is 0 Å². The largest absolute Gasteiger partial charge is 0.377 e. The quantitative estimate of drug-likeness (QED) is 0.608. The highest BCUT2D eigenvalue weighted by atomic mass is 16.5. The molecule has 1 aliphatic rings. The van der Waals surface area contributed by atoms with E-state index >= 15 is 0 Å². The van der Waals surface area contributed by atoms with Gasteiger partial charge in [-0.25, -0.2) is 0 Å². The van der Waals surface area contributed by atoms with Gasteiger partial charge >= 0.3 is 0 Å². The molecule has 66 valence electrons. The van der Waals surface area contributed by atoms with Crippen LogP contribution in [0.4, 0.5) is 0 Å². The Balaban J connectivity index is 1.96. The third kappa shape index (κ3) is 3.70. The fourth-order valence-electron chi connectivity index (χ4n) is 1.24. The van der Waals surface area contributed by atoms with Crippen LogP contribution in [0.3, 0.4) is 0 Å². The van der Waals surface area contributed by atoms with Crippen molar-refractivity contribution >= 4 is 0 Å². The molecular formula is C8H17NO2. The average Bonchev–Trinajstić information content (AvgIpc) is 2.07. The lowest BCUT2D eigenvalue weighted by Crippen LogP contribution is -2.25. The van der Waals surface area contributed by atoms with Crippen LogP contribution in [0, 0.1) is 0 Å². The minimum Gasteiger partial charge on any atom is -0.377 e. The Bertz CT molecular complexity index is 92.1. The molecular weight excluding hydrogens is 142 g/mol. The van der Waals surface area contributed by atoms with Crippen molar-refractivity contribution < 1.29 is 9.47 Å². The molecule has 0 amide bonds. The van der Waals surface area contributed by atoms with Crippen molar-refractivity contribution in [3.63, 3.8) is 0 Å². The van der Waals surface area contributed by atoms with Crippen molar-refractivity contribution in [2.45, 2.75) is 25.4 Å². The molecule has 0 bridgehead atoms. The van der Waals surface area contributed by atoms with Crippen molar-refractivity contribution in [1.82, 2.24) is 0 Å². The predicted octanol–water partition coefficient (Wildman–Crippen LogP) is 0.531. The summed E-state index contributed by atoms with van der Waals surface area (Å²) in [5, 5.41) is 0. The van der Waals surface area contributed by atoms with E-state index in [-0.39, 0.29) is 0 Å². The molecule has 1 aliphatic heterocycles. The topological polar surface area (TPSA) is 44.5 Å². The van der Waals surface area contributed by atoms with Crippen LogP contribution in [0.1, 0.15) is 19.3 Å². The van der Waals surface area contributed by atoms with Crippen molar-refractivity contribution in [3.05, 3.63) is 0 Å². The number of hydrogen-bond acceptors (Lipinski definition) is 3. The summed E-state index contributed by atoms with van der Waals surface area (Å²) in [6.07, 6.45) is 3.95. The maximum atomic E-state index is 5.46. The van der Waals surface area contributed by atoms with E-state index in [0.29, 0.717) is 19.3 Å². The number of hydrogen-bond donors (Lipinski definition) is 1. The molecule has 1 fully saturated rings.